The molecule has 0 aliphatic heterocycles. The van der Waals surface area contributed by atoms with Gasteiger partial charge in [0.25, 0.3) is 0 Å². The molecule has 0 aliphatic rings. The molecule has 0 amide bonds. The molecule has 0 atom stereocenters. The molecule has 1 heterocycles. The molecule has 21 heavy (non-hydrogen) atoms. The summed E-state index contributed by atoms with van der Waals surface area (Å²) < 4.78 is 46.4. The minimum atomic E-state index is -4.51. The van der Waals surface area contributed by atoms with Crippen molar-refractivity contribution in [3.05, 3.63) is 40.7 Å². The summed E-state index contributed by atoms with van der Waals surface area (Å²) in [6.45, 7) is 3.42. The number of halogens is 4. The van der Waals surface area contributed by atoms with Crippen LogP contribution in [0.4, 0.5) is 13.2 Å². The third-order valence-electron chi connectivity index (χ3n) is 3.16. The van der Waals surface area contributed by atoms with Crippen LogP contribution in [0.3, 0.4) is 0 Å². The predicted octanol–water partition coefficient (Wildman–Crippen LogP) is 4.59. The van der Waals surface area contributed by atoms with Crippen LogP contribution in [0.15, 0.2) is 18.2 Å². The molecule has 2 aromatic rings. The van der Waals surface area contributed by atoms with Gasteiger partial charge in [0.05, 0.1) is 11.3 Å². The molecule has 0 unspecified atom stereocenters. The van der Waals surface area contributed by atoms with E-state index in [4.69, 9.17) is 16.3 Å². The Hall–Kier alpha value is -1.69. The van der Waals surface area contributed by atoms with Crippen molar-refractivity contribution in [2.45, 2.75) is 25.9 Å². The van der Waals surface area contributed by atoms with Gasteiger partial charge in [-0.05, 0) is 31.5 Å². The van der Waals surface area contributed by atoms with Gasteiger partial charge >= 0.3 is 6.18 Å². The summed E-state index contributed by atoms with van der Waals surface area (Å²) in [5.74, 6) is 0.0890. The molecule has 1 aromatic heterocycles. The average molecular weight is 319 g/mol. The molecule has 0 spiro atoms. The number of hydrogen-bond acceptors (Lipinski definition) is 2. The molecule has 0 fully saturated rings. The highest BCUT2D eigenvalue weighted by Crippen LogP contribution is 2.40. The molecule has 114 valence electrons. The van der Waals surface area contributed by atoms with Crippen LogP contribution < -0.4 is 4.74 Å². The number of aromatic nitrogens is 2. The zero-order valence-electron chi connectivity index (χ0n) is 11.8. The van der Waals surface area contributed by atoms with Crippen molar-refractivity contribution >= 4 is 11.6 Å². The van der Waals surface area contributed by atoms with Crippen LogP contribution in [0.2, 0.25) is 0 Å². The molecule has 7 heteroatoms. The lowest BCUT2D eigenvalue weighted by atomic mass is 10.1. The van der Waals surface area contributed by atoms with Crippen LogP contribution in [-0.2, 0) is 19.1 Å². The molecule has 0 saturated carbocycles. The highest BCUT2D eigenvalue weighted by Gasteiger charge is 2.35. The summed E-state index contributed by atoms with van der Waals surface area (Å²) >= 11 is 5.59. The Morgan fingerprint density at radius 3 is 2.43 bits per heavy atom. The maximum atomic E-state index is 13.1. The number of aryl methyl sites for hydroxylation is 2. The van der Waals surface area contributed by atoms with E-state index in [0.717, 1.165) is 6.07 Å². The molecule has 2 rings (SSSR count). The van der Waals surface area contributed by atoms with Crippen molar-refractivity contribution in [2.24, 2.45) is 7.05 Å². The van der Waals surface area contributed by atoms with Gasteiger partial charge in [-0.2, -0.15) is 18.3 Å². The molecule has 0 aliphatic carbocycles. The normalized spacial score (nSPS) is 11.8. The van der Waals surface area contributed by atoms with Crippen molar-refractivity contribution in [3.8, 4) is 11.5 Å². The lowest BCUT2D eigenvalue weighted by molar-refractivity contribution is -0.138. The van der Waals surface area contributed by atoms with Crippen LogP contribution in [-0.4, -0.2) is 9.78 Å². The molecular formula is C14H14ClF3N2O. The summed E-state index contributed by atoms with van der Waals surface area (Å²) in [5, 5.41) is 4.12. The average Bonchev–Trinajstić information content (AvgIpc) is 2.64. The standard InChI is InChI=1S/C14H14ClF3N2O/c1-8-13(9(2)20(3)19-8)21-12-5-4-10(7-15)6-11(12)14(16,17)18/h4-6H,7H2,1-3H3. The summed E-state index contributed by atoms with van der Waals surface area (Å²) in [6.07, 6.45) is -4.51. The minimum absolute atomic E-state index is 0.00824. The minimum Gasteiger partial charge on any atom is -0.453 e. The van der Waals surface area contributed by atoms with Gasteiger partial charge < -0.3 is 4.74 Å². The predicted molar refractivity (Wildman–Crippen MR) is 73.8 cm³/mol. The quantitative estimate of drug-likeness (QED) is 0.774. The second-order valence-corrected chi connectivity index (χ2v) is 4.95. The maximum absolute atomic E-state index is 13.1. The van der Waals surface area contributed by atoms with E-state index >= 15 is 0 Å². The first-order valence-corrected chi connectivity index (χ1v) is 6.71. The van der Waals surface area contributed by atoms with Gasteiger partial charge in [-0.25, -0.2) is 0 Å². The van der Waals surface area contributed by atoms with Gasteiger partial charge in [0.2, 0.25) is 0 Å². The summed E-state index contributed by atoms with van der Waals surface area (Å²) in [6, 6.07) is 3.80. The fraction of sp³-hybridized carbons (Fsp3) is 0.357. The topological polar surface area (TPSA) is 27.1 Å². The number of hydrogen-bond donors (Lipinski definition) is 0. The molecule has 0 radical (unpaired) electrons. The summed E-state index contributed by atoms with van der Waals surface area (Å²) in [5.41, 5.74) is 0.728. The lowest BCUT2D eigenvalue weighted by Crippen LogP contribution is -2.08. The van der Waals surface area contributed by atoms with E-state index in [1.807, 2.05) is 0 Å². The van der Waals surface area contributed by atoms with Gasteiger partial charge in [-0.3, -0.25) is 4.68 Å². The largest absolute Gasteiger partial charge is 0.453 e. The lowest BCUT2D eigenvalue weighted by Gasteiger charge is -2.15. The number of ether oxygens (including phenoxy) is 1. The molecular weight excluding hydrogens is 305 g/mol. The zero-order valence-corrected chi connectivity index (χ0v) is 12.5. The van der Waals surface area contributed by atoms with Crippen molar-refractivity contribution in [1.82, 2.24) is 9.78 Å². The van der Waals surface area contributed by atoms with E-state index in [1.54, 1.807) is 25.6 Å². The van der Waals surface area contributed by atoms with Crippen LogP contribution in [0.5, 0.6) is 11.5 Å². The van der Waals surface area contributed by atoms with Gasteiger partial charge in [0, 0.05) is 12.9 Å². The smallest absolute Gasteiger partial charge is 0.419 e. The SMILES string of the molecule is Cc1nn(C)c(C)c1Oc1ccc(CCl)cc1C(F)(F)F. The fourth-order valence-corrected chi connectivity index (χ4v) is 2.15. The Morgan fingerprint density at radius 2 is 1.95 bits per heavy atom. The molecule has 0 saturated heterocycles. The summed E-state index contributed by atoms with van der Waals surface area (Å²) in [7, 11) is 1.70. The first-order chi connectivity index (χ1) is 9.74. The van der Waals surface area contributed by atoms with Crippen LogP contribution in [0.1, 0.15) is 22.5 Å². The first kappa shape index (κ1) is 15.7. The van der Waals surface area contributed by atoms with Gasteiger partial charge in [-0.1, -0.05) is 6.07 Å². The summed E-state index contributed by atoms with van der Waals surface area (Å²) in [4.78, 5) is 0. The Balaban J connectivity index is 2.49. The molecule has 0 bridgehead atoms. The third kappa shape index (κ3) is 3.15. The second kappa shape index (κ2) is 5.60. The Kier molecular flexibility index (Phi) is 4.18. The van der Waals surface area contributed by atoms with Crippen LogP contribution >= 0.6 is 11.6 Å². The molecule has 3 nitrogen and oxygen atoms in total. The maximum Gasteiger partial charge on any atom is 0.419 e. The number of alkyl halides is 4. The van der Waals surface area contributed by atoms with Crippen LogP contribution in [0.25, 0.3) is 0 Å². The van der Waals surface area contributed by atoms with Gasteiger partial charge in [-0.15, -0.1) is 11.6 Å². The number of nitrogens with zero attached hydrogens (tertiary/aromatic N) is 2. The van der Waals surface area contributed by atoms with Crippen molar-refractivity contribution < 1.29 is 17.9 Å². The molecule has 0 N–H and O–H groups in total. The van der Waals surface area contributed by atoms with Gasteiger partial charge in [0.1, 0.15) is 11.4 Å². The third-order valence-corrected chi connectivity index (χ3v) is 3.47. The van der Waals surface area contributed by atoms with Crippen molar-refractivity contribution in [2.75, 3.05) is 0 Å². The number of benzene rings is 1. The Morgan fingerprint density at radius 1 is 1.29 bits per heavy atom. The van der Waals surface area contributed by atoms with E-state index in [-0.39, 0.29) is 11.6 Å². The second-order valence-electron chi connectivity index (χ2n) is 4.69. The van der Waals surface area contributed by atoms with Gasteiger partial charge in [0.15, 0.2) is 5.75 Å². The van der Waals surface area contributed by atoms with E-state index in [9.17, 15) is 13.2 Å². The fourth-order valence-electron chi connectivity index (χ4n) is 1.98. The van der Waals surface area contributed by atoms with Crippen molar-refractivity contribution in [3.63, 3.8) is 0 Å². The zero-order chi connectivity index (χ0) is 15.8. The van der Waals surface area contributed by atoms with E-state index in [2.05, 4.69) is 5.10 Å². The van der Waals surface area contributed by atoms with E-state index in [0.29, 0.717) is 22.7 Å². The van der Waals surface area contributed by atoms with Crippen molar-refractivity contribution in [1.29, 1.82) is 0 Å². The monoisotopic (exact) mass is 318 g/mol. The highest BCUT2D eigenvalue weighted by molar-refractivity contribution is 6.17. The molecule has 1 aromatic carbocycles. The van der Waals surface area contributed by atoms with E-state index < -0.39 is 11.7 Å². The Labute approximate surface area is 125 Å². The number of rotatable bonds is 3. The van der Waals surface area contributed by atoms with E-state index in [1.165, 1.54) is 12.1 Å². The first-order valence-electron chi connectivity index (χ1n) is 6.18. The Bertz CT molecular complexity index is 665. The highest BCUT2D eigenvalue weighted by atomic mass is 35.5. The van der Waals surface area contributed by atoms with Crippen LogP contribution in [0, 0.1) is 13.8 Å².